The molecule has 126 valence electrons. The summed E-state index contributed by atoms with van der Waals surface area (Å²) in [5.41, 5.74) is 6.60. The van der Waals surface area contributed by atoms with Crippen molar-refractivity contribution in [1.82, 2.24) is 0 Å². The second-order valence-corrected chi connectivity index (χ2v) is 5.18. The van der Waals surface area contributed by atoms with Gasteiger partial charge in [0.2, 0.25) is 0 Å². The maximum Gasteiger partial charge on any atom is 0.320 e. The second-order valence-electron chi connectivity index (χ2n) is 5.18. The van der Waals surface area contributed by atoms with Gasteiger partial charge in [-0.1, -0.05) is 12.1 Å². The van der Waals surface area contributed by atoms with Crippen molar-refractivity contribution in [3.8, 4) is 17.2 Å². The summed E-state index contributed by atoms with van der Waals surface area (Å²) in [6.07, 6.45) is -0.109. The van der Waals surface area contributed by atoms with E-state index in [1.54, 1.807) is 12.1 Å². The molecule has 0 aliphatic carbocycles. The molecule has 0 heterocycles. The molecule has 0 spiro atoms. The number of nitrogens with two attached hydrogens (primary N) is 1. The Balaban J connectivity index is 2.15. The molecule has 0 bridgehead atoms. The number of carbonyl (C=O) groups is 1. The number of phenols is 3. The van der Waals surface area contributed by atoms with Crippen LogP contribution in [0.4, 0.5) is 5.69 Å². The molecular weight excluding hydrogens is 314 g/mol. The number of aliphatic carboxylic acids is 1. The van der Waals surface area contributed by atoms with E-state index in [0.717, 1.165) is 11.6 Å². The lowest BCUT2D eigenvalue weighted by molar-refractivity contribution is -0.138. The average molecular weight is 331 g/mol. The lowest BCUT2D eigenvalue weighted by Gasteiger charge is -2.10. The number of benzene rings is 2. The maximum atomic E-state index is 10.8. The Morgan fingerprint density at radius 2 is 1.75 bits per heavy atom. The molecule has 0 radical (unpaired) electrons. The lowest BCUT2D eigenvalue weighted by atomic mass is 10.0. The number of azo groups is 1. The van der Waals surface area contributed by atoms with Crippen LogP contribution in [0.25, 0.3) is 0 Å². The number of hydrogen-bond donors (Lipinski definition) is 5. The van der Waals surface area contributed by atoms with Crippen LogP contribution < -0.4 is 5.73 Å². The van der Waals surface area contributed by atoms with Crippen molar-refractivity contribution < 1.29 is 25.2 Å². The number of rotatable bonds is 6. The fourth-order valence-electron chi connectivity index (χ4n) is 1.97. The summed E-state index contributed by atoms with van der Waals surface area (Å²) in [4.78, 5) is 10.8. The third-order valence-electron chi connectivity index (χ3n) is 3.30. The summed E-state index contributed by atoms with van der Waals surface area (Å²) < 4.78 is 0. The van der Waals surface area contributed by atoms with E-state index in [-0.39, 0.29) is 41.5 Å². The predicted molar refractivity (Wildman–Crippen MR) is 85.4 cm³/mol. The number of aromatic hydroxyl groups is 3. The number of phenolic OH excluding ortho intramolecular Hbond substituents is 3. The Kier molecular flexibility index (Phi) is 5.33. The van der Waals surface area contributed by atoms with Gasteiger partial charge >= 0.3 is 5.97 Å². The van der Waals surface area contributed by atoms with E-state index in [4.69, 9.17) is 10.8 Å². The fourth-order valence-corrected chi connectivity index (χ4v) is 1.97. The van der Waals surface area contributed by atoms with Crippen LogP contribution in [0, 0.1) is 0 Å². The summed E-state index contributed by atoms with van der Waals surface area (Å²) in [6.45, 7) is 0.227. The first-order chi connectivity index (χ1) is 11.4. The molecule has 0 aliphatic rings. The van der Waals surface area contributed by atoms with E-state index in [0.29, 0.717) is 0 Å². The first-order valence-corrected chi connectivity index (χ1v) is 7.05. The largest absolute Gasteiger partial charge is 0.508 e. The molecule has 0 aliphatic heterocycles. The zero-order valence-electron chi connectivity index (χ0n) is 12.6. The molecule has 8 nitrogen and oxygen atoms in total. The van der Waals surface area contributed by atoms with E-state index in [1.807, 2.05) is 0 Å². The molecule has 2 aromatic rings. The maximum absolute atomic E-state index is 10.8. The topological polar surface area (TPSA) is 149 Å². The van der Waals surface area contributed by atoms with Crippen molar-refractivity contribution in [3.05, 3.63) is 47.5 Å². The van der Waals surface area contributed by atoms with Gasteiger partial charge in [-0.25, -0.2) is 0 Å². The third-order valence-corrected chi connectivity index (χ3v) is 3.30. The molecule has 6 N–H and O–H groups in total. The molecule has 2 aromatic carbocycles. The van der Waals surface area contributed by atoms with Gasteiger partial charge in [-0.05, 0) is 29.3 Å². The number of nitrogens with zero attached hydrogens (tertiary/aromatic N) is 2. The van der Waals surface area contributed by atoms with E-state index in [1.165, 1.54) is 18.2 Å². The molecule has 8 heteroatoms. The van der Waals surface area contributed by atoms with Crippen LogP contribution in [-0.4, -0.2) is 32.4 Å². The summed E-state index contributed by atoms with van der Waals surface area (Å²) in [7, 11) is 0. The number of carboxylic acids is 1. The Hall–Kier alpha value is -3.13. The summed E-state index contributed by atoms with van der Waals surface area (Å²) in [5, 5.41) is 45.4. The monoisotopic (exact) mass is 331 g/mol. The Labute approximate surface area is 137 Å². The van der Waals surface area contributed by atoms with Crippen LogP contribution in [0.5, 0.6) is 17.2 Å². The molecular formula is C16H17N3O5. The zero-order chi connectivity index (χ0) is 17.7. The highest BCUT2D eigenvalue weighted by Crippen LogP contribution is 2.34. The van der Waals surface area contributed by atoms with Crippen LogP contribution in [0.2, 0.25) is 0 Å². The van der Waals surface area contributed by atoms with Crippen LogP contribution in [0.3, 0.4) is 0 Å². The van der Waals surface area contributed by atoms with Gasteiger partial charge in [0.05, 0.1) is 6.54 Å². The summed E-state index contributed by atoms with van der Waals surface area (Å²) in [6, 6.07) is 7.64. The van der Waals surface area contributed by atoms with Gasteiger partial charge < -0.3 is 26.2 Å². The zero-order valence-corrected chi connectivity index (χ0v) is 12.6. The van der Waals surface area contributed by atoms with Crippen molar-refractivity contribution in [2.75, 3.05) is 0 Å². The van der Waals surface area contributed by atoms with Crippen molar-refractivity contribution in [2.24, 2.45) is 16.0 Å². The first-order valence-electron chi connectivity index (χ1n) is 7.05. The predicted octanol–water partition coefficient (Wildman–Crippen LogP) is 2.04. The van der Waals surface area contributed by atoms with Gasteiger partial charge in [0, 0.05) is 12.5 Å². The summed E-state index contributed by atoms with van der Waals surface area (Å²) >= 11 is 0. The van der Waals surface area contributed by atoms with E-state index < -0.39 is 12.0 Å². The molecule has 0 unspecified atom stereocenters. The fraction of sp³-hybridized carbons (Fsp3) is 0.188. The highest BCUT2D eigenvalue weighted by atomic mass is 16.4. The Morgan fingerprint density at radius 1 is 1.08 bits per heavy atom. The SMILES string of the molecule is N[C@@H](Cc1cc(N=NCc2ccc(O)cc2)c(O)cc1O)C(=O)O. The first kappa shape index (κ1) is 17.2. The van der Waals surface area contributed by atoms with Gasteiger partial charge in [0.25, 0.3) is 0 Å². The number of carboxylic acid groups (broad SMARTS) is 1. The smallest absolute Gasteiger partial charge is 0.320 e. The Morgan fingerprint density at radius 3 is 2.38 bits per heavy atom. The number of hydrogen-bond acceptors (Lipinski definition) is 7. The van der Waals surface area contributed by atoms with Gasteiger partial charge in [-0.15, -0.1) is 0 Å². The van der Waals surface area contributed by atoms with E-state index in [9.17, 15) is 20.1 Å². The Bertz CT molecular complexity index is 759. The van der Waals surface area contributed by atoms with E-state index >= 15 is 0 Å². The molecule has 0 saturated carbocycles. The van der Waals surface area contributed by atoms with Crippen molar-refractivity contribution in [2.45, 2.75) is 19.0 Å². The van der Waals surface area contributed by atoms with Crippen LogP contribution >= 0.6 is 0 Å². The highest BCUT2D eigenvalue weighted by molar-refractivity contribution is 5.74. The third kappa shape index (κ3) is 4.43. The van der Waals surface area contributed by atoms with Gasteiger partial charge in [0.15, 0.2) is 0 Å². The van der Waals surface area contributed by atoms with Crippen LogP contribution in [0.1, 0.15) is 11.1 Å². The second kappa shape index (κ2) is 7.42. The highest BCUT2D eigenvalue weighted by Gasteiger charge is 2.16. The van der Waals surface area contributed by atoms with Crippen LogP contribution in [-0.2, 0) is 17.8 Å². The average Bonchev–Trinajstić information content (AvgIpc) is 2.53. The van der Waals surface area contributed by atoms with E-state index in [2.05, 4.69) is 10.2 Å². The normalized spacial score (nSPS) is 12.4. The molecule has 2 rings (SSSR count). The standard InChI is InChI=1S/C16H17N3O5/c17-12(16(23)24)5-10-6-13(15(22)7-14(10)21)19-18-8-9-1-3-11(20)4-2-9/h1-4,6-7,12,20-22H,5,8,17H2,(H,23,24)/t12-/m0/s1. The minimum absolute atomic E-state index is 0.0965. The quantitative estimate of drug-likeness (QED) is 0.511. The minimum atomic E-state index is -1.20. The molecule has 0 fully saturated rings. The van der Waals surface area contributed by atoms with Crippen molar-refractivity contribution in [3.63, 3.8) is 0 Å². The molecule has 0 saturated heterocycles. The van der Waals surface area contributed by atoms with Crippen LogP contribution in [0.15, 0.2) is 46.6 Å². The van der Waals surface area contributed by atoms with Crippen molar-refractivity contribution in [1.29, 1.82) is 0 Å². The van der Waals surface area contributed by atoms with Crippen molar-refractivity contribution >= 4 is 11.7 Å². The lowest BCUT2D eigenvalue weighted by Crippen LogP contribution is -2.32. The van der Waals surface area contributed by atoms with Gasteiger partial charge in [-0.2, -0.15) is 10.2 Å². The molecule has 1 atom stereocenters. The summed E-state index contributed by atoms with van der Waals surface area (Å²) in [5.74, 6) is -1.60. The molecule has 24 heavy (non-hydrogen) atoms. The van der Waals surface area contributed by atoms with Gasteiger partial charge in [0.1, 0.15) is 29.0 Å². The minimum Gasteiger partial charge on any atom is -0.508 e. The molecule has 0 amide bonds. The molecule has 0 aromatic heterocycles. The van der Waals surface area contributed by atoms with Gasteiger partial charge in [-0.3, -0.25) is 4.79 Å².